The van der Waals surface area contributed by atoms with Crippen LogP contribution in [0.4, 0.5) is 14.5 Å². The first-order valence-corrected chi connectivity index (χ1v) is 8.30. The van der Waals surface area contributed by atoms with E-state index in [9.17, 15) is 17.2 Å². The van der Waals surface area contributed by atoms with Crippen molar-refractivity contribution < 1.29 is 17.2 Å². The quantitative estimate of drug-likeness (QED) is 0.831. The number of rotatable bonds is 3. The Hall–Kier alpha value is -1.18. The molecular formula is C13H9BrClF2NO2S. The van der Waals surface area contributed by atoms with Gasteiger partial charge in [-0.2, -0.15) is 0 Å². The molecule has 0 amide bonds. The van der Waals surface area contributed by atoms with Crippen LogP contribution in [0.2, 0.25) is 5.02 Å². The number of aryl methyl sites for hydroxylation is 1. The third-order valence-corrected chi connectivity index (χ3v) is 5.28. The summed E-state index contributed by atoms with van der Waals surface area (Å²) in [5, 5.41) is 0.321. The monoisotopic (exact) mass is 395 g/mol. The molecule has 0 spiro atoms. The van der Waals surface area contributed by atoms with Crippen molar-refractivity contribution in [2.45, 2.75) is 11.8 Å². The molecule has 2 aromatic rings. The number of hydrogen-bond donors (Lipinski definition) is 1. The molecule has 21 heavy (non-hydrogen) atoms. The van der Waals surface area contributed by atoms with Crippen molar-refractivity contribution in [2.75, 3.05) is 4.72 Å². The Morgan fingerprint density at radius 1 is 1.19 bits per heavy atom. The number of benzene rings is 2. The largest absolute Gasteiger partial charge is 0.274 e. The SMILES string of the molecule is Cc1ccc(F)c(NS(=O)(=O)c2ccc(Cl)c(Br)c2)c1F. The molecule has 8 heteroatoms. The molecule has 0 fully saturated rings. The van der Waals surface area contributed by atoms with E-state index in [1.807, 2.05) is 4.72 Å². The number of halogens is 4. The van der Waals surface area contributed by atoms with Gasteiger partial charge in [0.1, 0.15) is 11.5 Å². The molecule has 0 bridgehead atoms. The summed E-state index contributed by atoms with van der Waals surface area (Å²) in [6.07, 6.45) is 0. The minimum absolute atomic E-state index is 0.131. The lowest BCUT2D eigenvalue weighted by molar-refractivity contribution is 0.579. The van der Waals surface area contributed by atoms with E-state index in [1.165, 1.54) is 31.2 Å². The Kier molecular flexibility index (Phi) is 4.55. The van der Waals surface area contributed by atoms with Crippen LogP contribution in [0, 0.1) is 18.6 Å². The molecule has 0 radical (unpaired) electrons. The maximum Gasteiger partial charge on any atom is 0.262 e. The van der Waals surface area contributed by atoms with E-state index in [-0.39, 0.29) is 10.5 Å². The van der Waals surface area contributed by atoms with Crippen LogP contribution in [0.1, 0.15) is 5.56 Å². The van der Waals surface area contributed by atoms with E-state index in [4.69, 9.17) is 11.6 Å². The van der Waals surface area contributed by atoms with Gasteiger partial charge in [-0.05, 0) is 52.7 Å². The first kappa shape index (κ1) is 16.2. The van der Waals surface area contributed by atoms with Crippen molar-refractivity contribution >= 4 is 43.2 Å². The van der Waals surface area contributed by atoms with Gasteiger partial charge in [-0.3, -0.25) is 4.72 Å². The van der Waals surface area contributed by atoms with Crippen molar-refractivity contribution in [3.63, 3.8) is 0 Å². The van der Waals surface area contributed by atoms with Crippen molar-refractivity contribution in [2.24, 2.45) is 0 Å². The molecule has 112 valence electrons. The normalized spacial score (nSPS) is 11.5. The van der Waals surface area contributed by atoms with Crippen molar-refractivity contribution in [1.29, 1.82) is 0 Å². The van der Waals surface area contributed by atoms with Gasteiger partial charge in [0, 0.05) is 4.47 Å². The zero-order valence-electron chi connectivity index (χ0n) is 10.6. The van der Waals surface area contributed by atoms with Gasteiger partial charge in [-0.15, -0.1) is 0 Å². The zero-order chi connectivity index (χ0) is 15.8. The molecule has 0 aromatic heterocycles. The van der Waals surface area contributed by atoms with Crippen LogP contribution in [0.15, 0.2) is 39.7 Å². The maximum absolute atomic E-state index is 13.9. The van der Waals surface area contributed by atoms with E-state index < -0.39 is 27.3 Å². The summed E-state index contributed by atoms with van der Waals surface area (Å²) in [6.45, 7) is 1.41. The summed E-state index contributed by atoms with van der Waals surface area (Å²) < 4.78 is 54.1. The predicted octanol–water partition coefficient (Wildman–Crippen LogP) is 4.49. The molecule has 0 aliphatic heterocycles. The Labute approximate surface area is 134 Å². The average Bonchev–Trinajstić information content (AvgIpc) is 2.42. The Morgan fingerprint density at radius 3 is 2.48 bits per heavy atom. The number of anilines is 1. The molecule has 0 atom stereocenters. The molecule has 0 heterocycles. The minimum Gasteiger partial charge on any atom is -0.274 e. The fraction of sp³-hybridized carbons (Fsp3) is 0.0769. The van der Waals surface area contributed by atoms with Crippen molar-refractivity contribution in [3.8, 4) is 0 Å². The summed E-state index contributed by atoms with van der Waals surface area (Å²) >= 11 is 8.87. The van der Waals surface area contributed by atoms with E-state index in [0.717, 1.165) is 6.07 Å². The van der Waals surface area contributed by atoms with Gasteiger partial charge in [0.15, 0.2) is 5.82 Å². The zero-order valence-corrected chi connectivity index (χ0v) is 13.8. The average molecular weight is 397 g/mol. The van der Waals surface area contributed by atoms with Gasteiger partial charge >= 0.3 is 0 Å². The van der Waals surface area contributed by atoms with Crippen LogP contribution in [-0.2, 0) is 10.0 Å². The lowest BCUT2D eigenvalue weighted by atomic mass is 10.2. The van der Waals surface area contributed by atoms with Crippen LogP contribution in [0.5, 0.6) is 0 Å². The highest BCUT2D eigenvalue weighted by molar-refractivity contribution is 9.10. The second-order valence-electron chi connectivity index (χ2n) is 4.23. The van der Waals surface area contributed by atoms with Gasteiger partial charge in [-0.1, -0.05) is 17.7 Å². The van der Waals surface area contributed by atoms with Gasteiger partial charge in [-0.25, -0.2) is 17.2 Å². The summed E-state index contributed by atoms with van der Waals surface area (Å²) in [6, 6.07) is 6.07. The van der Waals surface area contributed by atoms with Crippen LogP contribution in [0.3, 0.4) is 0 Å². The Bertz CT molecular complexity index is 812. The summed E-state index contributed by atoms with van der Waals surface area (Å²) in [4.78, 5) is -0.168. The molecule has 0 aliphatic carbocycles. The molecular weight excluding hydrogens is 388 g/mol. The third-order valence-electron chi connectivity index (χ3n) is 2.72. The maximum atomic E-state index is 13.9. The first-order chi connectivity index (χ1) is 9.72. The minimum atomic E-state index is -4.13. The van der Waals surface area contributed by atoms with Gasteiger partial charge < -0.3 is 0 Å². The molecule has 3 nitrogen and oxygen atoms in total. The highest BCUT2D eigenvalue weighted by atomic mass is 79.9. The number of sulfonamides is 1. The highest BCUT2D eigenvalue weighted by Crippen LogP contribution is 2.28. The molecule has 0 aliphatic rings. The van der Waals surface area contributed by atoms with Crippen molar-refractivity contribution in [1.82, 2.24) is 0 Å². The summed E-state index contributed by atoms with van der Waals surface area (Å²) in [5.74, 6) is -1.94. The molecule has 2 aromatic carbocycles. The number of nitrogens with one attached hydrogen (secondary N) is 1. The lowest BCUT2D eigenvalue weighted by Crippen LogP contribution is -2.15. The standard InChI is InChI=1S/C13H9BrClF2NO2S/c1-7-2-5-11(16)13(12(7)17)18-21(19,20)8-3-4-10(15)9(14)6-8/h2-6,18H,1H3. The van der Waals surface area contributed by atoms with Gasteiger partial charge in [0.25, 0.3) is 10.0 Å². The topological polar surface area (TPSA) is 46.2 Å². The molecule has 0 saturated carbocycles. The van der Waals surface area contributed by atoms with E-state index in [1.54, 1.807) is 0 Å². The molecule has 2 rings (SSSR count). The van der Waals surface area contributed by atoms with E-state index in [0.29, 0.717) is 9.50 Å². The van der Waals surface area contributed by atoms with E-state index in [2.05, 4.69) is 15.9 Å². The van der Waals surface area contributed by atoms with E-state index >= 15 is 0 Å². The second kappa shape index (κ2) is 5.90. The van der Waals surface area contributed by atoms with Crippen LogP contribution in [-0.4, -0.2) is 8.42 Å². The lowest BCUT2D eigenvalue weighted by Gasteiger charge is -2.11. The highest BCUT2D eigenvalue weighted by Gasteiger charge is 2.21. The molecule has 0 saturated heterocycles. The Morgan fingerprint density at radius 2 is 1.86 bits per heavy atom. The van der Waals surface area contributed by atoms with Crippen LogP contribution >= 0.6 is 27.5 Å². The van der Waals surface area contributed by atoms with Crippen LogP contribution in [0.25, 0.3) is 0 Å². The smallest absolute Gasteiger partial charge is 0.262 e. The number of hydrogen-bond acceptors (Lipinski definition) is 2. The third kappa shape index (κ3) is 3.36. The Balaban J connectivity index is 2.47. The van der Waals surface area contributed by atoms with Gasteiger partial charge in [0.05, 0.1) is 9.92 Å². The van der Waals surface area contributed by atoms with Crippen molar-refractivity contribution in [3.05, 3.63) is 57.0 Å². The fourth-order valence-electron chi connectivity index (χ4n) is 1.59. The second-order valence-corrected chi connectivity index (χ2v) is 7.18. The van der Waals surface area contributed by atoms with Crippen LogP contribution < -0.4 is 4.72 Å². The first-order valence-electron chi connectivity index (χ1n) is 5.65. The predicted molar refractivity (Wildman–Crippen MR) is 81.1 cm³/mol. The summed E-state index contributed by atoms with van der Waals surface area (Å²) in [5.41, 5.74) is -0.576. The van der Waals surface area contributed by atoms with Gasteiger partial charge in [0.2, 0.25) is 0 Å². The fourth-order valence-corrected chi connectivity index (χ4v) is 3.33. The molecule has 0 unspecified atom stereocenters. The summed E-state index contributed by atoms with van der Waals surface area (Å²) in [7, 11) is -4.13. The molecule has 1 N–H and O–H groups in total.